The first-order chi connectivity index (χ1) is 9.36. The highest BCUT2D eigenvalue weighted by molar-refractivity contribution is 9.09. The Morgan fingerprint density at radius 3 is 2.40 bits per heavy atom. The van der Waals surface area contributed by atoms with Gasteiger partial charge in [-0.1, -0.05) is 34.5 Å². The molecule has 1 fully saturated rings. The van der Waals surface area contributed by atoms with Crippen LogP contribution in [0.4, 0.5) is 13.2 Å². The number of carbonyl (C=O) groups is 1. The zero-order valence-corrected chi connectivity index (χ0v) is 12.3. The summed E-state index contributed by atoms with van der Waals surface area (Å²) in [6.07, 6.45) is -1.19. The monoisotopic (exact) mass is 349 g/mol. The van der Waals surface area contributed by atoms with E-state index < -0.39 is 11.7 Å². The van der Waals surface area contributed by atoms with Crippen molar-refractivity contribution < 1.29 is 18.0 Å². The zero-order valence-electron chi connectivity index (χ0n) is 10.7. The number of benzene rings is 1. The van der Waals surface area contributed by atoms with Crippen molar-refractivity contribution in [1.82, 2.24) is 5.32 Å². The third-order valence-corrected chi connectivity index (χ3v) is 4.52. The minimum Gasteiger partial charge on any atom is -0.352 e. The first-order valence-corrected chi connectivity index (χ1v) is 7.37. The minimum absolute atomic E-state index is 0.106. The van der Waals surface area contributed by atoms with Gasteiger partial charge in [0.2, 0.25) is 5.91 Å². The summed E-state index contributed by atoms with van der Waals surface area (Å²) in [5, 5.41) is 2.91. The molecule has 2 nitrogen and oxygen atoms in total. The first kappa shape index (κ1) is 15.4. The normalized spacial score (nSPS) is 22.8. The average Bonchev–Trinajstić information content (AvgIpc) is 2.74. The Morgan fingerprint density at radius 1 is 1.25 bits per heavy atom. The van der Waals surface area contributed by atoms with Gasteiger partial charge in [-0.25, -0.2) is 0 Å². The third-order valence-electron chi connectivity index (χ3n) is 3.42. The summed E-state index contributed by atoms with van der Waals surface area (Å²) < 4.78 is 37.2. The molecule has 0 radical (unpaired) electrons. The van der Waals surface area contributed by atoms with Crippen LogP contribution in [0.15, 0.2) is 24.3 Å². The molecule has 1 N–H and O–H groups in total. The number of hydrogen-bond donors (Lipinski definition) is 1. The molecule has 0 bridgehead atoms. The van der Waals surface area contributed by atoms with Crippen molar-refractivity contribution in [3.05, 3.63) is 35.4 Å². The lowest BCUT2D eigenvalue weighted by Crippen LogP contribution is -2.38. The number of amides is 1. The number of carbonyl (C=O) groups excluding carboxylic acids is 1. The second kappa shape index (κ2) is 6.16. The van der Waals surface area contributed by atoms with Crippen molar-refractivity contribution in [1.29, 1.82) is 0 Å². The van der Waals surface area contributed by atoms with E-state index in [1.807, 2.05) is 0 Å². The Labute approximate surface area is 123 Å². The average molecular weight is 350 g/mol. The summed E-state index contributed by atoms with van der Waals surface area (Å²) in [4.78, 5) is 12.1. The van der Waals surface area contributed by atoms with E-state index in [2.05, 4.69) is 21.2 Å². The summed E-state index contributed by atoms with van der Waals surface area (Å²) >= 11 is 3.51. The van der Waals surface area contributed by atoms with Crippen LogP contribution in [0, 0.1) is 0 Å². The van der Waals surface area contributed by atoms with Crippen LogP contribution in [-0.2, 0) is 17.4 Å². The van der Waals surface area contributed by atoms with Gasteiger partial charge in [-0.15, -0.1) is 0 Å². The Hall–Kier alpha value is -1.04. The van der Waals surface area contributed by atoms with Crippen LogP contribution in [0.2, 0.25) is 0 Å². The summed E-state index contributed by atoms with van der Waals surface area (Å²) in [6.45, 7) is 0. The molecular weight excluding hydrogens is 335 g/mol. The fraction of sp³-hybridized carbons (Fsp3) is 0.500. The molecule has 1 aliphatic rings. The van der Waals surface area contributed by atoms with Gasteiger partial charge in [0.25, 0.3) is 0 Å². The fourth-order valence-corrected chi connectivity index (χ4v) is 3.05. The smallest absolute Gasteiger partial charge is 0.352 e. The van der Waals surface area contributed by atoms with E-state index in [0.29, 0.717) is 10.4 Å². The number of nitrogens with one attached hydrogen (secondary N) is 1. The van der Waals surface area contributed by atoms with Gasteiger partial charge in [-0.3, -0.25) is 4.79 Å². The van der Waals surface area contributed by atoms with Crippen molar-refractivity contribution in [3.63, 3.8) is 0 Å². The van der Waals surface area contributed by atoms with Gasteiger partial charge < -0.3 is 5.32 Å². The van der Waals surface area contributed by atoms with Gasteiger partial charge in [0.1, 0.15) is 0 Å². The fourth-order valence-electron chi connectivity index (χ4n) is 2.33. The molecule has 0 aromatic heterocycles. The van der Waals surface area contributed by atoms with E-state index in [0.717, 1.165) is 31.4 Å². The van der Waals surface area contributed by atoms with Crippen molar-refractivity contribution in [2.45, 2.75) is 42.7 Å². The van der Waals surface area contributed by atoms with Crippen LogP contribution in [0.5, 0.6) is 0 Å². The molecule has 1 aromatic carbocycles. The topological polar surface area (TPSA) is 29.1 Å². The summed E-state index contributed by atoms with van der Waals surface area (Å²) in [7, 11) is 0. The highest BCUT2D eigenvalue weighted by Crippen LogP contribution is 2.29. The van der Waals surface area contributed by atoms with E-state index in [-0.39, 0.29) is 18.4 Å². The maximum Gasteiger partial charge on any atom is 0.416 e. The van der Waals surface area contributed by atoms with Crippen LogP contribution in [0.1, 0.15) is 30.4 Å². The predicted molar refractivity (Wildman–Crippen MR) is 73.6 cm³/mol. The van der Waals surface area contributed by atoms with Crippen molar-refractivity contribution >= 4 is 21.8 Å². The minimum atomic E-state index is -4.34. The van der Waals surface area contributed by atoms with Crippen LogP contribution < -0.4 is 5.32 Å². The van der Waals surface area contributed by atoms with Crippen LogP contribution in [0.3, 0.4) is 0 Å². The molecule has 1 aromatic rings. The van der Waals surface area contributed by atoms with Gasteiger partial charge in [-0.2, -0.15) is 13.2 Å². The molecule has 0 saturated heterocycles. The quantitative estimate of drug-likeness (QED) is 0.828. The lowest BCUT2D eigenvalue weighted by Gasteiger charge is -2.16. The Morgan fingerprint density at radius 2 is 1.90 bits per heavy atom. The molecule has 6 heteroatoms. The number of hydrogen-bond acceptors (Lipinski definition) is 1. The molecule has 0 heterocycles. The highest BCUT2D eigenvalue weighted by atomic mass is 79.9. The van der Waals surface area contributed by atoms with Crippen molar-refractivity contribution in [3.8, 4) is 0 Å². The molecule has 2 unspecified atom stereocenters. The van der Waals surface area contributed by atoms with Crippen LogP contribution >= 0.6 is 15.9 Å². The maximum absolute atomic E-state index is 12.4. The van der Waals surface area contributed by atoms with Crippen LogP contribution in [-0.4, -0.2) is 16.8 Å². The molecule has 0 aliphatic heterocycles. The number of halogens is 4. The van der Waals surface area contributed by atoms with Crippen molar-refractivity contribution in [2.75, 3.05) is 0 Å². The maximum atomic E-state index is 12.4. The largest absolute Gasteiger partial charge is 0.416 e. The molecule has 20 heavy (non-hydrogen) atoms. The number of alkyl halides is 4. The molecule has 1 aliphatic carbocycles. The molecule has 2 atom stereocenters. The first-order valence-electron chi connectivity index (χ1n) is 6.46. The SMILES string of the molecule is O=C(Cc1ccc(C(F)(F)F)cc1)NC1CCCC1Br. The van der Waals surface area contributed by atoms with Gasteiger partial charge in [0.05, 0.1) is 12.0 Å². The second-order valence-electron chi connectivity index (χ2n) is 4.99. The van der Waals surface area contributed by atoms with Crippen LogP contribution in [0.25, 0.3) is 0 Å². The van der Waals surface area contributed by atoms with E-state index in [1.165, 1.54) is 12.1 Å². The second-order valence-corrected chi connectivity index (χ2v) is 6.17. The van der Waals surface area contributed by atoms with Gasteiger partial charge >= 0.3 is 6.18 Å². The summed E-state index contributed by atoms with van der Waals surface area (Å²) in [6, 6.07) is 4.83. The zero-order chi connectivity index (χ0) is 14.8. The van der Waals surface area contributed by atoms with Crippen molar-refractivity contribution in [2.24, 2.45) is 0 Å². The van der Waals surface area contributed by atoms with E-state index >= 15 is 0 Å². The Bertz CT molecular complexity index is 472. The molecule has 2 rings (SSSR count). The molecule has 0 spiro atoms. The summed E-state index contributed by atoms with van der Waals surface area (Å²) in [5.74, 6) is -0.152. The highest BCUT2D eigenvalue weighted by Gasteiger charge is 2.30. The van der Waals surface area contributed by atoms with Gasteiger partial charge in [0, 0.05) is 10.9 Å². The predicted octanol–water partition coefficient (Wildman–Crippen LogP) is 3.68. The molecule has 1 saturated carbocycles. The lowest BCUT2D eigenvalue weighted by molar-refractivity contribution is -0.137. The molecule has 110 valence electrons. The molecule has 1 amide bonds. The molecular formula is C14H15BrF3NO. The Balaban J connectivity index is 1.91. The van der Waals surface area contributed by atoms with E-state index in [4.69, 9.17) is 0 Å². The third kappa shape index (κ3) is 3.98. The van der Waals surface area contributed by atoms with Gasteiger partial charge in [-0.05, 0) is 30.5 Å². The summed E-state index contributed by atoms with van der Waals surface area (Å²) in [5.41, 5.74) is -0.113. The van der Waals surface area contributed by atoms with E-state index in [9.17, 15) is 18.0 Å². The standard InChI is InChI=1S/C14H15BrF3NO/c15-11-2-1-3-12(11)19-13(20)8-9-4-6-10(7-5-9)14(16,17)18/h4-7,11-12H,1-3,8H2,(H,19,20). The van der Waals surface area contributed by atoms with Gasteiger partial charge in [0.15, 0.2) is 0 Å². The van der Waals surface area contributed by atoms with E-state index in [1.54, 1.807) is 0 Å². The number of rotatable bonds is 3. The lowest BCUT2D eigenvalue weighted by atomic mass is 10.1. The Kier molecular flexibility index (Phi) is 4.73.